The average Bonchev–Trinajstić information content (AvgIpc) is 2.50. The van der Waals surface area contributed by atoms with Crippen LogP contribution in [-0.2, 0) is 9.53 Å². The van der Waals surface area contributed by atoms with Crippen molar-refractivity contribution in [2.45, 2.75) is 31.5 Å². The van der Waals surface area contributed by atoms with Gasteiger partial charge in [0.15, 0.2) is 0 Å². The van der Waals surface area contributed by atoms with E-state index in [1.54, 1.807) is 11.8 Å². The molecule has 2 aliphatic rings. The molecule has 74 valence electrons. The first-order valence-electron chi connectivity index (χ1n) is 4.71. The predicted octanol–water partition coefficient (Wildman–Crippen LogP) is -0.241. The van der Waals surface area contributed by atoms with Gasteiger partial charge in [0.1, 0.15) is 6.10 Å². The molecule has 0 saturated carbocycles. The number of amides is 1. The number of carbonyl (C=O) groups excluding carboxylic acids is 1. The van der Waals surface area contributed by atoms with E-state index in [1.807, 2.05) is 0 Å². The molecule has 13 heavy (non-hydrogen) atoms. The third-order valence-electron chi connectivity index (χ3n) is 2.58. The van der Waals surface area contributed by atoms with E-state index in [0.29, 0.717) is 19.7 Å². The van der Waals surface area contributed by atoms with Gasteiger partial charge in [-0.15, -0.1) is 0 Å². The molecule has 0 aromatic rings. The molecular formula is C9H15NO3. The van der Waals surface area contributed by atoms with Crippen LogP contribution in [-0.4, -0.2) is 47.3 Å². The van der Waals surface area contributed by atoms with Crippen LogP contribution in [0, 0.1) is 0 Å². The van der Waals surface area contributed by atoms with Crippen LogP contribution in [0.5, 0.6) is 0 Å². The molecule has 1 unspecified atom stereocenters. The minimum Gasteiger partial charge on any atom is -0.386 e. The van der Waals surface area contributed by atoms with Crippen molar-refractivity contribution in [3.05, 3.63) is 0 Å². The van der Waals surface area contributed by atoms with Crippen molar-refractivity contribution in [1.29, 1.82) is 0 Å². The Hall–Kier alpha value is -0.610. The molecule has 0 spiro atoms. The summed E-state index contributed by atoms with van der Waals surface area (Å²) >= 11 is 0. The lowest BCUT2D eigenvalue weighted by Gasteiger charge is -2.44. The number of ether oxygens (including phenoxy) is 1. The first-order chi connectivity index (χ1) is 6.08. The Morgan fingerprint density at radius 1 is 1.62 bits per heavy atom. The van der Waals surface area contributed by atoms with E-state index in [-0.39, 0.29) is 12.0 Å². The second-order valence-electron chi connectivity index (χ2n) is 4.19. The summed E-state index contributed by atoms with van der Waals surface area (Å²) in [6.45, 7) is 3.34. The van der Waals surface area contributed by atoms with Crippen LogP contribution in [0.1, 0.15) is 19.8 Å². The number of likely N-dealkylation sites (tertiary alicyclic amines) is 1. The summed E-state index contributed by atoms with van der Waals surface area (Å²) in [5.41, 5.74) is -0.672. The van der Waals surface area contributed by atoms with Crippen LogP contribution in [0.2, 0.25) is 0 Å². The van der Waals surface area contributed by atoms with Gasteiger partial charge in [-0.2, -0.15) is 0 Å². The van der Waals surface area contributed by atoms with Crippen LogP contribution in [0.25, 0.3) is 0 Å². The number of hydrogen-bond acceptors (Lipinski definition) is 3. The maximum Gasteiger partial charge on any atom is 0.251 e. The Kier molecular flexibility index (Phi) is 2.04. The molecule has 0 aliphatic carbocycles. The van der Waals surface area contributed by atoms with E-state index in [1.165, 1.54) is 0 Å². The summed E-state index contributed by atoms with van der Waals surface area (Å²) in [5, 5.41) is 9.44. The standard InChI is InChI=1S/C9H15NO3/c1-9(12)5-10(6-9)8(11)7-3-2-4-13-7/h7,12H,2-6H2,1H3. The lowest BCUT2D eigenvalue weighted by atomic mass is 9.96. The molecule has 2 heterocycles. The molecule has 0 bridgehead atoms. The summed E-state index contributed by atoms with van der Waals surface area (Å²) in [7, 11) is 0. The highest BCUT2D eigenvalue weighted by Crippen LogP contribution is 2.23. The summed E-state index contributed by atoms with van der Waals surface area (Å²) in [5.74, 6) is 0.0454. The molecule has 1 atom stereocenters. The van der Waals surface area contributed by atoms with Crippen molar-refractivity contribution in [3.63, 3.8) is 0 Å². The number of aliphatic hydroxyl groups is 1. The Labute approximate surface area is 77.5 Å². The fraction of sp³-hybridized carbons (Fsp3) is 0.889. The quantitative estimate of drug-likeness (QED) is 0.613. The first-order valence-corrected chi connectivity index (χ1v) is 4.71. The van der Waals surface area contributed by atoms with Gasteiger partial charge in [0, 0.05) is 6.61 Å². The highest BCUT2D eigenvalue weighted by atomic mass is 16.5. The SMILES string of the molecule is CC1(O)CN(C(=O)C2CCCO2)C1. The van der Waals surface area contributed by atoms with Gasteiger partial charge in [0.05, 0.1) is 18.7 Å². The van der Waals surface area contributed by atoms with E-state index in [2.05, 4.69) is 0 Å². The van der Waals surface area contributed by atoms with Crippen molar-refractivity contribution in [2.24, 2.45) is 0 Å². The summed E-state index contributed by atoms with van der Waals surface area (Å²) < 4.78 is 5.27. The zero-order valence-electron chi connectivity index (χ0n) is 7.82. The molecular weight excluding hydrogens is 170 g/mol. The van der Waals surface area contributed by atoms with E-state index in [4.69, 9.17) is 4.74 Å². The number of hydrogen-bond donors (Lipinski definition) is 1. The maximum atomic E-state index is 11.6. The average molecular weight is 185 g/mol. The van der Waals surface area contributed by atoms with Gasteiger partial charge >= 0.3 is 0 Å². The van der Waals surface area contributed by atoms with Gasteiger partial charge in [-0.1, -0.05) is 0 Å². The zero-order chi connectivity index (χ0) is 9.47. The Bertz CT molecular complexity index is 213. The van der Waals surface area contributed by atoms with Gasteiger partial charge < -0.3 is 14.7 Å². The molecule has 2 rings (SSSR count). The Morgan fingerprint density at radius 3 is 2.77 bits per heavy atom. The molecule has 1 N–H and O–H groups in total. The predicted molar refractivity (Wildman–Crippen MR) is 46.2 cm³/mol. The number of β-amino-alcohol motifs (C(OH)–C–C–N with tert-alkyl or cyclic N) is 1. The monoisotopic (exact) mass is 185 g/mol. The van der Waals surface area contributed by atoms with Crippen LogP contribution in [0.15, 0.2) is 0 Å². The molecule has 0 aromatic carbocycles. The lowest BCUT2D eigenvalue weighted by molar-refractivity contribution is -0.161. The molecule has 4 heteroatoms. The van der Waals surface area contributed by atoms with E-state index in [9.17, 15) is 9.90 Å². The minimum atomic E-state index is -0.672. The normalized spacial score (nSPS) is 31.5. The molecule has 2 saturated heterocycles. The van der Waals surface area contributed by atoms with Gasteiger partial charge in [-0.25, -0.2) is 0 Å². The zero-order valence-corrected chi connectivity index (χ0v) is 7.82. The number of rotatable bonds is 1. The lowest BCUT2D eigenvalue weighted by Crippen LogP contribution is -2.63. The maximum absolute atomic E-state index is 11.6. The smallest absolute Gasteiger partial charge is 0.251 e. The molecule has 2 fully saturated rings. The fourth-order valence-electron chi connectivity index (χ4n) is 1.91. The number of carbonyl (C=O) groups is 1. The third-order valence-corrected chi connectivity index (χ3v) is 2.58. The van der Waals surface area contributed by atoms with Crippen LogP contribution >= 0.6 is 0 Å². The molecule has 0 aromatic heterocycles. The van der Waals surface area contributed by atoms with E-state index in [0.717, 1.165) is 12.8 Å². The molecule has 0 radical (unpaired) electrons. The van der Waals surface area contributed by atoms with Crippen molar-refractivity contribution in [1.82, 2.24) is 4.90 Å². The van der Waals surface area contributed by atoms with Crippen molar-refractivity contribution in [3.8, 4) is 0 Å². The van der Waals surface area contributed by atoms with Crippen LogP contribution in [0.3, 0.4) is 0 Å². The van der Waals surface area contributed by atoms with Crippen LogP contribution < -0.4 is 0 Å². The van der Waals surface area contributed by atoms with Gasteiger partial charge in [-0.3, -0.25) is 4.79 Å². The van der Waals surface area contributed by atoms with Crippen molar-refractivity contribution >= 4 is 5.91 Å². The molecule has 4 nitrogen and oxygen atoms in total. The molecule has 1 amide bonds. The van der Waals surface area contributed by atoms with Crippen molar-refractivity contribution < 1.29 is 14.6 Å². The summed E-state index contributed by atoms with van der Waals surface area (Å²) in [6, 6.07) is 0. The van der Waals surface area contributed by atoms with E-state index >= 15 is 0 Å². The van der Waals surface area contributed by atoms with Crippen molar-refractivity contribution in [2.75, 3.05) is 19.7 Å². The van der Waals surface area contributed by atoms with Gasteiger partial charge in [-0.05, 0) is 19.8 Å². The Morgan fingerprint density at radius 2 is 2.31 bits per heavy atom. The van der Waals surface area contributed by atoms with Gasteiger partial charge in [0.2, 0.25) is 0 Å². The fourth-order valence-corrected chi connectivity index (χ4v) is 1.91. The summed E-state index contributed by atoms with van der Waals surface area (Å²) in [6.07, 6.45) is 1.56. The van der Waals surface area contributed by atoms with Gasteiger partial charge in [0.25, 0.3) is 5.91 Å². The minimum absolute atomic E-state index is 0.0454. The number of nitrogens with zero attached hydrogens (tertiary/aromatic N) is 1. The second kappa shape index (κ2) is 2.96. The van der Waals surface area contributed by atoms with Crippen LogP contribution in [0.4, 0.5) is 0 Å². The molecule has 2 aliphatic heterocycles. The first kappa shape index (κ1) is 8.97. The van der Waals surface area contributed by atoms with E-state index < -0.39 is 5.60 Å². The highest BCUT2D eigenvalue weighted by Gasteiger charge is 2.42. The Balaban J connectivity index is 1.85. The largest absolute Gasteiger partial charge is 0.386 e. The topological polar surface area (TPSA) is 49.8 Å². The third kappa shape index (κ3) is 1.69. The second-order valence-corrected chi connectivity index (χ2v) is 4.19. The highest BCUT2D eigenvalue weighted by molar-refractivity contribution is 5.82. The summed E-state index contributed by atoms with van der Waals surface area (Å²) in [4.78, 5) is 13.3.